The summed E-state index contributed by atoms with van der Waals surface area (Å²) in [6, 6.07) is 17.7. The molecule has 5 nitrogen and oxygen atoms in total. The number of carbonyl (C=O) groups is 1. The van der Waals surface area contributed by atoms with Gasteiger partial charge in [0.05, 0.1) is 12.7 Å². The van der Waals surface area contributed by atoms with E-state index in [9.17, 15) is 4.79 Å². The third-order valence-corrected chi connectivity index (χ3v) is 5.96. The average molecular weight is 378 g/mol. The second kappa shape index (κ2) is 6.27. The topological polar surface area (TPSA) is 54.0 Å². The first-order valence-electron chi connectivity index (χ1n) is 9.53. The van der Waals surface area contributed by atoms with Crippen LogP contribution in [0.2, 0.25) is 0 Å². The Balaban J connectivity index is 1.53. The lowest BCUT2D eigenvalue weighted by molar-refractivity contribution is -0.520. The van der Waals surface area contributed by atoms with Gasteiger partial charge in [-0.25, -0.2) is 4.89 Å². The molecule has 1 spiro atoms. The van der Waals surface area contributed by atoms with Gasteiger partial charge in [0.2, 0.25) is 5.79 Å². The highest BCUT2D eigenvalue weighted by Crippen LogP contribution is 2.56. The molecule has 2 unspecified atom stereocenters. The van der Waals surface area contributed by atoms with E-state index in [0.717, 1.165) is 16.9 Å². The number of fused-ring (bicyclic) bond motifs is 2. The lowest BCUT2D eigenvalue weighted by Gasteiger charge is -2.54. The molecule has 0 aromatic heterocycles. The van der Waals surface area contributed by atoms with Gasteiger partial charge in [0, 0.05) is 12.8 Å². The summed E-state index contributed by atoms with van der Waals surface area (Å²) >= 11 is 0. The number of hydrogen-bond donors (Lipinski definition) is 0. The zero-order valence-corrected chi connectivity index (χ0v) is 15.9. The summed E-state index contributed by atoms with van der Waals surface area (Å²) in [4.78, 5) is 24.5. The standard InChI is InChI=1S/C23H22O5/c1-22-14-19-20(24)12-17(15-6-4-3-5-7-15)13-23(19,28-27-22)26-21(22)16-8-10-18(25-2)11-9-16/h3-11,14,17,21H,12-13H2,1-2H3/t17?,21?,22-,23+/m1/s1. The monoisotopic (exact) mass is 378 g/mol. The number of ether oxygens (including phenoxy) is 2. The van der Waals surface area contributed by atoms with Gasteiger partial charge >= 0.3 is 0 Å². The lowest BCUT2D eigenvalue weighted by Crippen LogP contribution is -2.60. The van der Waals surface area contributed by atoms with Crippen LogP contribution in [0.4, 0.5) is 0 Å². The third kappa shape index (κ3) is 2.62. The van der Waals surface area contributed by atoms with Gasteiger partial charge in [0.1, 0.15) is 11.9 Å². The van der Waals surface area contributed by atoms with Gasteiger partial charge in [-0.1, -0.05) is 42.5 Å². The maximum atomic E-state index is 13.0. The van der Waals surface area contributed by atoms with E-state index in [1.165, 1.54) is 0 Å². The largest absolute Gasteiger partial charge is 0.497 e. The third-order valence-electron chi connectivity index (χ3n) is 5.96. The van der Waals surface area contributed by atoms with E-state index in [2.05, 4.69) is 0 Å². The van der Waals surface area contributed by atoms with Crippen LogP contribution in [0.1, 0.15) is 42.9 Å². The highest BCUT2D eigenvalue weighted by atomic mass is 17.3. The Hall–Kier alpha value is -2.47. The Morgan fingerprint density at radius 1 is 1.00 bits per heavy atom. The smallest absolute Gasteiger partial charge is 0.232 e. The van der Waals surface area contributed by atoms with E-state index in [4.69, 9.17) is 19.2 Å². The fourth-order valence-corrected chi connectivity index (χ4v) is 4.49. The fourth-order valence-electron chi connectivity index (χ4n) is 4.49. The maximum absolute atomic E-state index is 13.0. The van der Waals surface area contributed by atoms with Crippen molar-refractivity contribution < 1.29 is 24.0 Å². The molecule has 2 bridgehead atoms. The first kappa shape index (κ1) is 17.6. The van der Waals surface area contributed by atoms with Crippen molar-refractivity contribution in [3.05, 3.63) is 77.4 Å². The minimum absolute atomic E-state index is 0.0217. The zero-order chi connectivity index (χ0) is 19.4. The molecule has 0 amide bonds. The molecule has 1 aliphatic carbocycles. The van der Waals surface area contributed by atoms with Gasteiger partial charge in [0.25, 0.3) is 0 Å². The van der Waals surface area contributed by atoms with E-state index >= 15 is 0 Å². The summed E-state index contributed by atoms with van der Waals surface area (Å²) < 4.78 is 11.7. The highest BCUT2D eigenvalue weighted by Gasteiger charge is 2.61. The number of hydrogen-bond acceptors (Lipinski definition) is 5. The molecule has 0 radical (unpaired) electrons. The molecule has 0 N–H and O–H groups in total. The lowest BCUT2D eigenvalue weighted by atomic mass is 9.72. The molecule has 3 aliphatic heterocycles. The van der Waals surface area contributed by atoms with Crippen LogP contribution < -0.4 is 4.74 Å². The molecule has 144 valence electrons. The van der Waals surface area contributed by atoms with Crippen LogP contribution in [-0.2, 0) is 19.3 Å². The first-order chi connectivity index (χ1) is 13.5. The van der Waals surface area contributed by atoms with Crippen LogP contribution >= 0.6 is 0 Å². The van der Waals surface area contributed by atoms with Crippen molar-refractivity contribution in [2.24, 2.45) is 0 Å². The Bertz CT molecular complexity index is 935. The zero-order valence-electron chi connectivity index (χ0n) is 15.9. The fraction of sp³-hybridized carbons (Fsp3) is 0.348. The van der Waals surface area contributed by atoms with Crippen molar-refractivity contribution in [1.82, 2.24) is 0 Å². The summed E-state index contributed by atoms with van der Waals surface area (Å²) in [5.41, 5.74) is 1.78. The van der Waals surface area contributed by atoms with Gasteiger partial charge in [-0.15, -0.1) is 0 Å². The van der Waals surface area contributed by atoms with Gasteiger partial charge in [-0.3, -0.25) is 4.79 Å². The van der Waals surface area contributed by atoms with E-state index < -0.39 is 11.4 Å². The van der Waals surface area contributed by atoms with Crippen LogP contribution in [0.3, 0.4) is 0 Å². The van der Waals surface area contributed by atoms with Crippen molar-refractivity contribution in [3.63, 3.8) is 0 Å². The number of carbonyl (C=O) groups excluding carboxylic acids is 1. The van der Waals surface area contributed by atoms with Crippen LogP contribution in [0.25, 0.3) is 0 Å². The normalized spacial score (nSPS) is 33.9. The summed E-state index contributed by atoms with van der Waals surface area (Å²) in [7, 11) is 1.64. The molecule has 3 heterocycles. The minimum Gasteiger partial charge on any atom is -0.497 e. The summed E-state index contributed by atoms with van der Waals surface area (Å²) in [6.45, 7) is 1.88. The second-order valence-corrected chi connectivity index (χ2v) is 7.87. The quantitative estimate of drug-likeness (QED) is 0.747. The van der Waals surface area contributed by atoms with E-state index in [1.807, 2.05) is 67.6 Å². The van der Waals surface area contributed by atoms with Crippen LogP contribution in [0.15, 0.2) is 66.2 Å². The maximum Gasteiger partial charge on any atom is 0.232 e. The minimum atomic E-state index is -1.17. The molecule has 2 fully saturated rings. The van der Waals surface area contributed by atoms with Crippen molar-refractivity contribution in [2.45, 2.75) is 43.2 Å². The molecule has 1 saturated carbocycles. The predicted molar refractivity (Wildman–Crippen MR) is 102 cm³/mol. The number of methoxy groups -OCH3 is 1. The van der Waals surface area contributed by atoms with Gasteiger partial charge in [-0.05, 0) is 42.2 Å². The van der Waals surface area contributed by atoms with Crippen molar-refractivity contribution in [3.8, 4) is 5.75 Å². The summed E-state index contributed by atoms with van der Waals surface area (Å²) in [5.74, 6) is -0.312. The molecule has 5 heteroatoms. The Morgan fingerprint density at radius 3 is 2.46 bits per heavy atom. The molecule has 6 rings (SSSR count). The van der Waals surface area contributed by atoms with Crippen LogP contribution in [0.5, 0.6) is 5.75 Å². The van der Waals surface area contributed by atoms with Gasteiger partial charge in [-0.2, -0.15) is 4.89 Å². The molecular formula is C23H22O5. The average Bonchev–Trinajstić information content (AvgIpc) is 2.74. The Kier molecular flexibility index (Phi) is 3.95. The number of Topliss-reactive ketones (excluding diaryl/α,β-unsaturated/α-hetero) is 1. The number of ketones is 1. The molecule has 2 aromatic rings. The van der Waals surface area contributed by atoms with Crippen molar-refractivity contribution >= 4 is 5.78 Å². The van der Waals surface area contributed by atoms with E-state index in [0.29, 0.717) is 18.4 Å². The van der Waals surface area contributed by atoms with Crippen LogP contribution in [0, 0.1) is 0 Å². The molecule has 4 atom stereocenters. The summed E-state index contributed by atoms with van der Waals surface area (Å²) in [5, 5.41) is 0. The second-order valence-electron chi connectivity index (χ2n) is 7.87. The predicted octanol–water partition coefficient (Wildman–Crippen LogP) is 4.26. The van der Waals surface area contributed by atoms with Crippen LogP contribution in [-0.4, -0.2) is 24.3 Å². The van der Waals surface area contributed by atoms with E-state index in [-0.39, 0.29) is 17.8 Å². The first-order valence-corrected chi connectivity index (χ1v) is 9.53. The Morgan fingerprint density at radius 2 is 1.75 bits per heavy atom. The van der Waals surface area contributed by atoms with Crippen molar-refractivity contribution in [1.29, 1.82) is 0 Å². The molecule has 28 heavy (non-hydrogen) atoms. The molecular weight excluding hydrogens is 356 g/mol. The Labute approximate surface area is 163 Å². The SMILES string of the molecule is COc1ccc(C2O[C@]34CC(c5ccccc5)CC(=O)C3=C[C@@]2(C)OO4)cc1. The van der Waals surface area contributed by atoms with Gasteiger partial charge < -0.3 is 9.47 Å². The molecule has 4 aliphatic rings. The van der Waals surface area contributed by atoms with Gasteiger partial charge in [0.15, 0.2) is 11.4 Å². The number of benzene rings is 2. The molecule has 1 saturated heterocycles. The molecule has 2 aromatic carbocycles. The number of rotatable bonds is 3. The summed E-state index contributed by atoms with van der Waals surface area (Å²) in [6.07, 6.45) is 2.52. The highest BCUT2D eigenvalue weighted by molar-refractivity contribution is 5.99. The van der Waals surface area contributed by atoms with E-state index in [1.54, 1.807) is 7.11 Å². The van der Waals surface area contributed by atoms with Crippen molar-refractivity contribution in [2.75, 3.05) is 7.11 Å².